The molecule has 124 valence electrons. The van der Waals surface area contributed by atoms with Crippen molar-refractivity contribution in [1.29, 1.82) is 5.26 Å². The molecule has 0 spiro atoms. The molecule has 23 heavy (non-hydrogen) atoms. The Morgan fingerprint density at radius 2 is 2.26 bits per heavy atom. The molecule has 0 aromatic carbocycles. The lowest BCUT2D eigenvalue weighted by Crippen LogP contribution is -2.36. The van der Waals surface area contributed by atoms with Crippen LogP contribution in [0.5, 0.6) is 0 Å². The first-order chi connectivity index (χ1) is 11.1. The van der Waals surface area contributed by atoms with Crippen molar-refractivity contribution in [2.45, 2.75) is 38.5 Å². The van der Waals surface area contributed by atoms with E-state index in [2.05, 4.69) is 39.2 Å². The van der Waals surface area contributed by atoms with Crippen LogP contribution in [0.2, 0.25) is 0 Å². The van der Waals surface area contributed by atoms with E-state index in [1.807, 2.05) is 6.07 Å². The van der Waals surface area contributed by atoms with Gasteiger partial charge in [-0.05, 0) is 24.7 Å². The van der Waals surface area contributed by atoms with Gasteiger partial charge in [-0.2, -0.15) is 10.4 Å². The highest BCUT2D eigenvalue weighted by Crippen LogP contribution is 2.46. The standard InChI is InChI=1S/C16H24N6O/c1-10(2)15-19-16(21-20-15)13-8-22(7-12(13)11-3-4-11)9-14(23)18-6-5-17/h10-13H,3-4,6-9H2,1-2H3,(H,18,23)(H,19,20,21)/t12-,13+/m0/s1. The molecule has 2 atom stereocenters. The Bertz CT molecular complexity index is 600. The summed E-state index contributed by atoms with van der Waals surface area (Å²) in [6.07, 6.45) is 2.56. The maximum atomic E-state index is 11.8. The van der Waals surface area contributed by atoms with Crippen LogP contribution >= 0.6 is 0 Å². The molecule has 3 rings (SSSR count). The number of likely N-dealkylation sites (tertiary alicyclic amines) is 1. The average molecular weight is 316 g/mol. The normalized spacial score (nSPS) is 24.8. The second-order valence-corrected chi connectivity index (χ2v) is 6.97. The summed E-state index contributed by atoms with van der Waals surface area (Å²) in [5.41, 5.74) is 0. The molecule has 7 heteroatoms. The van der Waals surface area contributed by atoms with Gasteiger partial charge in [-0.25, -0.2) is 4.98 Å². The third-order valence-electron chi connectivity index (χ3n) is 4.79. The highest BCUT2D eigenvalue weighted by molar-refractivity contribution is 5.78. The molecule has 1 saturated carbocycles. The van der Waals surface area contributed by atoms with Gasteiger partial charge in [0, 0.05) is 24.9 Å². The summed E-state index contributed by atoms with van der Waals surface area (Å²) < 4.78 is 0. The van der Waals surface area contributed by atoms with Crippen LogP contribution in [0, 0.1) is 23.2 Å². The van der Waals surface area contributed by atoms with Gasteiger partial charge in [-0.1, -0.05) is 13.8 Å². The van der Waals surface area contributed by atoms with Gasteiger partial charge in [0.25, 0.3) is 0 Å². The Labute approximate surface area is 136 Å². The number of amides is 1. The van der Waals surface area contributed by atoms with Crippen molar-refractivity contribution in [3.8, 4) is 6.07 Å². The molecular weight excluding hydrogens is 292 g/mol. The lowest BCUT2D eigenvalue weighted by atomic mass is 9.91. The monoisotopic (exact) mass is 316 g/mol. The van der Waals surface area contributed by atoms with Gasteiger partial charge in [0.05, 0.1) is 12.6 Å². The Balaban J connectivity index is 1.66. The maximum absolute atomic E-state index is 11.8. The van der Waals surface area contributed by atoms with Crippen molar-refractivity contribution in [3.05, 3.63) is 11.6 Å². The fourth-order valence-electron chi connectivity index (χ4n) is 3.44. The Morgan fingerprint density at radius 3 is 2.87 bits per heavy atom. The van der Waals surface area contributed by atoms with Crippen LogP contribution < -0.4 is 5.32 Å². The summed E-state index contributed by atoms with van der Waals surface area (Å²) in [6, 6.07) is 1.93. The van der Waals surface area contributed by atoms with E-state index >= 15 is 0 Å². The third kappa shape index (κ3) is 3.70. The number of nitrogens with zero attached hydrogens (tertiary/aromatic N) is 4. The molecule has 1 saturated heterocycles. The summed E-state index contributed by atoms with van der Waals surface area (Å²) in [6.45, 7) is 6.35. The largest absolute Gasteiger partial charge is 0.342 e. The van der Waals surface area contributed by atoms with Crippen molar-refractivity contribution < 1.29 is 4.79 Å². The summed E-state index contributed by atoms with van der Waals surface area (Å²) in [5, 5.41) is 18.6. The van der Waals surface area contributed by atoms with Gasteiger partial charge in [-0.15, -0.1) is 0 Å². The molecule has 1 aromatic rings. The summed E-state index contributed by atoms with van der Waals surface area (Å²) >= 11 is 0. The Hall–Kier alpha value is -1.94. The molecule has 1 aliphatic heterocycles. The zero-order valence-corrected chi connectivity index (χ0v) is 13.7. The van der Waals surface area contributed by atoms with Gasteiger partial charge in [0.2, 0.25) is 5.91 Å². The van der Waals surface area contributed by atoms with Crippen LogP contribution in [0.1, 0.15) is 50.2 Å². The molecular formula is C16H24N6O. The number of hydrogen-bond donors (Lipinski definition) is 2. The molecule has 1 aliphatic carbocycles. The first-order valence-corrected chi connectivity index (χ1v) is 8.36. The number of hydrogen-bond acceptors (Lipinski definition) is 5. The highest BCUT2D eigenvalue weighted by Gasteiger charge is 2.44. The Kier molecular flexibility index (Phi) is 4.62. The molecule has 2 heterocycles. The second-order valence-electron chi connectivity index (χ2n) is 6.97. The topological polar surface area (TPSA) is 97.7 Å². The zero-order valence-electron chi connectivity index (χ0n) is 13.7. The number of carbonyl (C=O) groups excluding carboxylic acids is 1. The smallest absolute Gasteiger partial charge is 0.235 e. The minimum atomic E-state index is -0.0813. The number of rotatable bonds is 6. The van der Waals surface area contributed by atoms with Gasteiger partial charge < -0.3 is 5.32 Å². The fraction of sp³-hybridized carbons (Fsp3) is 0.750. The number of nitriles is 1. The first-order valence-electron chi connectivity index (χ1n) is 8.36. The molecule has 2 fully saturated rings. The highest BCUT2D eigenvalue weighted by atomic mass is 16.2. The molecule has 0 bridgehead atoms. The van der Waals surface area contributed by atoms with Gasteiger partial charge >= 0.3 is 0 Å². The van der Waals surface area contributed by atoms with E-state index in [0.717, 1.165) is 30.7 Å². The van der Waals surface area contributed by atoms with Crippen LogP contribution in [0.3, 0.4) is 0 Å². The number of H-pyrrole nitrogens is 1. The van der Waals surface area contributed by atoms with E-state index in [9.17, 15) is 4.79 Å². The molecule has 7 nitrogen and oxygen atoms in total. The minimum Gasteiger partial charge on any atom is -0.342 e. The quantitative estimate of drug-likeness (QED) is 0.763. The van der Waals surface area contributed by atoms with Crippen LogP contribution in [-0.4, -0.2) is 52.2 Å². The van der Waals surface area contributed by atoms with Crippen molar-refractivity contribution >= 4 is 5.91 Å². The maximum Gasteiger partial charge on any atom is 0.235 e. The van der Waals surface area contributed by atoms with Crippen molar-refractivity contribution in [2.75, 3.05) is 26.2 Å². The molecule has 2 N–H and O–H groups in total. The summed E-state index contributed by atoms with van der Waals surface area (Å²) in [4.78, 5) is 18.7. The van der Waals surface area contributed by atoms with E-state index in [4.69, 9.17) is 5.26 Å². The van der Waals surface area contributed by atoms with E-state index in [1.54, 1.807) is 0 Å². The number of aromatic nitrogens is 3. The van der Waals surface area contributed by atoms with Gasteiger partial charge in [-0.3, -0.25) is 14.8 Å². The molecule has 2 aliphatic rings. The van der Waals surface area contributed by atoms with E-state index < -0.39 is 0 Å². The van der Waals surface area contributed by atoms with Crippen LogP contribution in [0.15, 0.2) is 0 Å². The van der Waals surface area contributed by atoms with E-state index in [-0.39, 0.29) is 12.5 Å². The molecule has 0 radical (unpaired) electrons. The van der Waals surface area contributed by atoms with E-state index in [0.29, 0.717) is 24.3 Å². The van der Waals surface area contributed by atoms with Gasteiger partial charge in [0.1, 0.15) is 12.4 Å². The summed E-state index contributed by atoms with van der Waals surface area (Å²) in [5.74, 6) is 3.68. The molecule has 0 unspecified atom stereocenters. The molecule has 1 aromatic heterocycles. The number of nitrogens with one attached hydrogen (secondary N) is 2. The lowest BCUT2D eigenvalue weighted by molar-refractivity contribution is -0.121. The average Bonchev–Trinajstić information content (AvgIpc) is 3.09. The van der Waals surface area contributed by atoms with Crippen LogP contribution in [0.25, 0.3) is 0 Å². The number of aromatic amines is 1. The minimum absolute atomic E-state index is 0.0714. The fourth-order valence-corrected chi connectivity index (χ4v) is 3.44. The predicted octanol–water partition coefficient (Wildman–Crippen LogP) is 0.993. The van der Waals surface area contributed by atoms with Crippen molar-refractivity contribution in [2.24, 2.45) is 11.8 Å². The summed E-state index contributed by atoms with van der Waals surface area (Å²) in [7, 11) is 0. The number of carbonyl (C=O) groups is 1. The van der Waals surface area contributed by atoms with Crippen LogP contribution in [0.4, 0.5) is 0 Å². The zero-order chi connectivity index (χ0) is 16.4. The van der Waals surface area contributed by atoms with E-state index in [1.165, 1.54) is 12.8 Å². The predicted molar refractivity (Wildman–Crippen MR) is 84.5 cm³/mol. The first kappa shape index (κ1) is 15.9. The lowest BCUT2D eigenvalue weighted by Gasteiger charge is -2.14. The second kappa shape index (κ2) is 6.67. The van der Waals surface area contributed by atoms with Gasteiger partial charge in [0.15, 0.2) is 5.82 Å². The SMILES string of the molecule is CC(C)c1n[nH]c([C@@H]2CN(CC(=O)NCC#N)C[C@H]2C2CC2)n1. The molecule has 1 amide bonds. The third-order valence-corrected chi connectivity index (χ3v) is 4.79. The van der Waals surface area contributed by atoms with Crippen molar-refractivity contribution in [1.82, 2.24) is 25.4 Å². The Morgan fingerprint density at radius 1 is 1.48 bits per heavy atom. The van der Waals surface area contributed by atoms with Crippen molar-refractivity contribution in [3.63, 3.8) is 0 Å². The van der Waals surface area contributed by atoms with Crippen LogP contribution in [-0.2, 0) is 4.79 Å².